The zero-order valence-electron chi connectivity index (χ0n) is 14.3. The van der Waals surface area contributed by atoms with Crippen molar-refractivity contribution in [3.05, 3.63) is 35.5 Å². The van der Waals surface area contributed by atoms with Crippen molar-refractivity contribution in [2.24, 2.45) is 10.7 Å². The van der Waals surface area contributed by atoms with E-state index in [1.807, 2.05) is 4.90 Å². The Kier molecular flexibility index (Phi) is 7.17. The fourth-order valence-electron chi connectivity index (χ4n) is 2.49. The van der Waals surface area contributed by atoms with Gasteiger partial charge in [0.25, 0.3) is 0 Å². The van der Waals surface area contributed by atoms with Crippen LogP contribution in [0.4, 0.5) is 5.95 Å². The zero-order valence-corrected chi connectivity index (χ0v) is 18.2. The Labute approximate surface area is 174 Å². The maximum Gasteiger partial charge on any atom is 0.225 e. The molecule has 0 saturated carbocycles. The van der Waals surface area contributed by atoms with Gasteiger partial charge in [-0.05, 0) is 18.2 Å². The Morgan fingerprint density at radius 2 is 1.88 bits per heavy atom. The van der Waals surface area contributed by atoms with E-state index < -0.39 is 9.84 Å². The molecule has 11 heteroatoms. The van der Waals surface area contributed by atoms with E-state index in [2.05, 4.69) is 19.9 Å². The Balaban J connectivity index is 0.00000243. The summed E-state index contributed by atoms with van der Waals surface area (Å²) in [5.41, 5.74) is 6.09. The molecule has 3 heterocycles. The van der Waals surface area contributed by atoms with Gasteiger partial charge in [-0.3, -0.25) is 0 Å². The highest BCUT2D eigenvalue weighted by Crippen LogP contribution is 2.22. The Morgan fingerprint density at radius 3 is 2.46 bits per heavy atom. The van der Waals surface area contributed by atoms with Crippen LogP contribution in [-0.4, -0.2) is 61.7 Å². The van der Waals surface area contributed by atoms with Crippen LogP contribution in [0, 0.1) is 0 Å². The topological polar surface area (TPSA) is 105 Å². The summed E-state index contributed by atoms with van der Waals surface area (Å²) >= 11 is 1.23. The van der Waals surface area contributed by atoms with Gasteiger partial charge in [-0.2, -0.15) is 0 Å². The normalized spacial score (nSPS) is 15.7. The van der Waals surface area contributed by atoms with E-state index in [0.29, 0.717) is 16.7 Å². The van der Waals surface area contributed by atoms with Crippen molar-refractivity contribution in [2.75, 3.05) is 37.3 Å². The molecule has 1 aliphatic heterocycles. The summed E-state index contributed by atoms with van der Waals surface area (Å²) in [4.78, 5) is 17.9. The van der Waals surface area contributed by atoms with Crippen molar-refractivity contribution in [3.63, 3.8) is 0 Å². The second kappa shape index (κ2) is 8.95. The first kappa shape index (κ1) is 20.8. The number of piperazine rings is 1. The molecule has 2 N–H and O–H groups in total. The van der Waals surface area contributed by atoms with Gasteiger partial charge in [-0.1, -0.05) is 0 Å². The highest BCUT2D eigenvalue weighted by molar-refractivity contribution is 14.0. The van der Waals surface area contributed by atoms with Crippen LogP contribution >= 0.6 is 35.3 Å². The van der Waals surface area contributed by atoms with Gasteiger partial charge in [0, 0.05) is 49.7 Å². The molecule has 3 rings (SSSR count). The number of guanidine groups is 1. The van der Waals surface area contributed by atoms with Gasteiger partial charge >= 0.3 is 0 Å². The number of nitrogens with zero attached hydrogens (tertiary/aromatic N) is 5. The van der Waals surface area contributed by atoms with Gasteiger partial charge in [0.05, 0.1) is 6.54 Å². The molecule has 2 aromatic rings. The first-order valence-corrected chi connectivity index (χ1v) is 10.5. The number of halogens is 1. The van der Waals surface area contributed by atoms with Crippen molar-refractivity contribution in [1.29, 1.82) is 0 Å². The van der Waals surface area contributed by atoms with Gasteiger partial charge < -0.3 is 15.5 Å². The number of anilines is 1. The van der Waals surface area contributed by atoms with E-state index in [4.69, 9.17) is 5.73 Å². The predicted molar refractivity (Wildman–Crippen MR) is 114 cm³/mol. The minimum Gasteiger partial charge on any atom is -0.370 e. The lowest BCUT2D eigenvalue weighted by molar-refractivity contribution is 0.378. The van der Waals surface area contributed by atoms with Crippen LogP contribution in [0.25, 0.3) is 0 Å². The average molecular weight is 508 g/mol. The third-order valence-corrected chi connectivity index (χ3v) is 6.73. The third-order valence-electron chi connectivity index (χ3n) is 3.84. The zero-order chi connectivity index (χ0) is 17.9. The van der Waals surface area contributed by atoms with Gasteiger partial charge in [-0.15, -0.1) is 35.3 Å². The lowest BCUT2D eigenvalue weighted by Gasteiger charge is -2.35. The molecule has 0 spiro atoms. The van der Waals surface area contributed by atoms with E-state index in [0.717, 1.165) is 37.0 Å². The lowest BCUT2D eigenvalue weighted by Crippen LogP contribution is -2.51. The molecular weight excluding hydrogens is 487 g/mol. The standard InChI is InChI=1S/C15H20N6O2S2.HI/c1-25(22,23)13-4-3-12(24-13)11-19-14(16)20-7-9-21(10-8-20)15-17-5-2-6-18-15;/h2-6H,7-11H2,1H3,(H2,16,19);1H. The summed E-state index contributed by atoms with van der Waals surface area (Å²) in [6.45, 7) is 3.42. The highest BCUT2D eigenvalue weighted by atomic mass is 127. The van der Waals surface area contributed by atoms with Gasteiger partial charge in [0.1, 0.15) is 4.21 Å². The van der Waals surface area contributed by atoms with E-state index in [-0.39, 0.29) is 24.0 Å². The minimum atomic E-state index is -3.16. The molecule has 0 unspecified atom stereocenters. The number of sulfone groups is 1. The van der Waals surface area contributed by atoms with Crippen LogP contribution in [-0.2, 0) is 16.4 Å². The smallest absolute Gasteiger partial charge is 0.225 e. The summed E-state index contributed by atoms with van der Waals surface area (Å²) in [7, 11) is -3.16. The van der Waals surface area contributed by atoms with Crippen molar-refractivity contribution in [3.8, 4) is 0 Å². The van der Waals surface area contributed by atoms with Crippen molar-refractivity contribution in [1.82, 2.24) is 14.9 Å². The molecule has 0 amide bonds. The van der Waals surface area contributed by atoms with Crippen LogP contribution in [0.2, 0.25) is 0 Å². The Morgan fingerprint density at radius 1 is 1.23 bits per heavy atom. The summed E-state index contributed by atoms with van der Waals surface area (Å²) < 4.78 is 23.4. The maximum atomic E-state index is 11.5. The molecule has 0 radical (unpaired) electrons. The van der Waals surface area contributed by atoms with Gasteiger partial charge in [-0.25, -0.2) is 23.4 Å². The lowest BCUT2D eigenvalue weighted by atomic mass is 10.3. The Bertz CT molecular complexity index is 848. The molecule has 0 atom stereocenters. The predicted octanol–water partition coefficient (Wildman–Crippen LogP) is 1.20. The monoisotopic (exact) mass is 508 g/mol. The average Bonchev–Trinajstić information content (AvgIpc) is 3.10. The summed E-state index contributed by atoms with van der Waals surface area (Å²) in [6, 6.07) is 5.19. The van der Waals surface area contributed by atoms with E-state index in [1.54, 1.807) is 30.6 Å². The fourth-order valence-corrected chi connectivity index (χ4v) is 4.39. The SMILES string of the molecule is CS(=O)(=O)c1ccc(CN=C(N)N2CCN(c3ncccn3)CC2)s1.I. The molecule has 1 aliphatic rings. The molecule has 142 valence electrons. The minimum absolute atomic E-state index is 0. The Hall–Kier alpha value is -1.47. The number of rotatable bonds is 4. The van der Waals surface area contributed by atoms with Crippen molar-refractivity contribution in [2.45, 2.75) is 10.8 Å². The quantitative estimate of drug-likeness (QED) is 0.376. The van der Waals surface area contributed by atoms with Crippen molar-refractivity contribution < 1.29 is 8.42 Å². The summed E-state index contributed by atoms with van der Waals surface area (Å²) in [6.07, 6.45) is 4.67. The number of hydrogen-bond donors (Lipinski definition) is 1. The molecular formula is C15H21IN6O2S2. The molecule has 26 heavy (non-hydrogen) atoms. The van der Waals surface area contributed by atoms with Crippen molar-refractivity contribution >= 4 is 57.1 Å². The van der Waals surface area contributed by atoms with Crippen LogP contribution in [0.15, 0.2) is 39.8 Å². The molecule has 0 aliphatic carbocycles. The summed E-state index contributed by atoms with van der Waals surface area (Å²) in [5.74, 6) is 1.20. The first-order chi connectivity index (χ1) is 11.9. The van der Waals surface area contributed by atoms with Crippen LogP contribution in [0.1, 0.15) is 4.88 Å². The largest absolute Gasteiger partial charge is 0.370 e. The number of nitrogens with two attached hydrogens (primary N) is 1. The summed E-state index contributed by atoms with van der Waals surface area (Å²) in [5, 5.41) is 0. The number of hydrogen-bond acceptors (Lipinski definition) is 7. The molecule has 8 nitrogen and oxygen atoms in total. The molecule has 2 aromatic heterocycles. The van der Waals surface area contributed by atoms with E-state index in [1.165, 1.54) is 17.6 Å². The van der Waals surface area contributed by atoms with Crippen LogP contribution in [0.5, 0.6) is 0 Å². The number of aliphatic imine (C=N–C) groups is 1. The fraction of sp³-hybridized carbons (Fsp3) is 0.400. The molecule has 0 bridgehead atoms. The molecule has 0 aromatic carbocycles. The molecule has 1 fully saturated rings. The number of aromatic nitrogens is 2. The second-order valence-electron chi connectivity index (χ2n) is 5.69. The van der Waals surface area contributed by atoms with Crippen LogP contribution in [0.3, 0.4) is 0 Å². The second-order valence-corrected chi connectivity index (χ2v) is 9.10. The first-order valence-electron chi connectivity index (χ1n) is 7.79. The van der Waals surface area contributed by atoms with E-state index in [9.17, 15) is 8.42 Å². The third kappa shape index (κ3) is 5.27. The van der Waals surface area contributed by atoms with Gasteiger partial charge in [0.15, 0.2) is 15.8 Å². The number of thiophene rings is 1. The highest BCUT2D eigenvalue weighted by Gasteiger charge is 2.20. The molecule has 1 saturated heterocycles. The van der Waals surface area contributed by atoms with E-state index >= 15 is 0 Å². The maximum absolute atomic E-state index is 11.5. The van der Waals surface area contributed by atoms with Gasteiger partial charge in [0.2, 0.25) is 5.95 Å². The van der Waals surface area contributed by atoms with Crippen LogP contribution < -0.4 is 10.6 Å².